The molecule has 0 saturated heterocycles. The number of carbonyl (C=O) groups excluding carboxylic acids is 1. The van der Waals surface area contributed by atoms with Gasteiger partial charge in [-0.3, -0.25) is 4.79 Å². The molecule has 18 heavy (non-hydrogen) atoms. The van der Waals surface area contributed by atoms with Crippen molar-refractivity contribution in [3.05, 3.63) is 18.1 Å². The van der Waals surface area contributed by atoms with Crippen LogP contribution in [-0.4, -0.2) is 29.0 Å². The quantitative estimate of drug-likeness (QED) is 0.853. The van der Waals surface area contributed by atoms with Gasteiger partial charge in [-0.25, -0.2) is 9.97 Å². The summed E-state index contributed by atoms with van der Waals surface area (Å²) in [5, 5.41) is 5.89. The second-order valence-corrected chi connectivity index (χ2v) is 4.84. The molecular formula is C13H20N4O. The SMILES string of the molecule is CNc1cnc(C(=O)NC(C)C2CCCC2)cn1. The van der Waals surface area contributed by atoms with Gasteiger partial charge in [-0.2, -0.15) is 0 Å². The predicted molar refractivity (Wildman–Crippen MR) is 70.5 cm³/mol. The maximum atomic E-state index is 12.0. The Balaban J connectivity index is 1.93. The number of rotatable bonds is 4. The Hall–Kier alpha value is -1.65. The summed E-state index contributed by atoms with van der Waals surface area (Å²) < 4.78 is 0. The van der Waals surface area contributed by atoms with Gasteiger partial charge in [0.15, 0.2) is 0 Å². The minimum Gasteiger partial charge on any atom is -0.372 e. The van der Waals surface area contributed by atoms with Crippen LogP contribution in [0.25, 0.3) is 0 Å². The van der Waals surface area contributed by atoms with E-state index in [1.165, 1.54) is 31.9 Å². The molecule has 5 heteroatoms. The Morgan fingerprint density at radius 3 is 2.61 bits per heavy atom. The average molecular weight is 248 g/mol. The lowest BCUT2D eigenvalue weighted by molar-refractivity contribution is 0.0922. The molecule has 2 N–H and O–H groups in total. The van der Waals surface area contributed by atoms with Gasteiger partial charge in [0.25, 0.3) is 5.91 Å². The molecule has 1 fully saturated rings. The van der Waals surface area contributed by atoms with Crippen LogP contribution >= 0.6 is 0 Å². The fourth-order valence-electron chi connectivity index (χ4n) is 2.43. The van der Waals surface area contributed by atoms with E-state index in [9.17, 15) is 4.79 Å². The van der Waals surface area contributed by atoms with Crippen LogP contribution in [-0.2, 0) is 0 Å². The third-order valence-electron chi connectivity index (χ3n) is 3.61. The summed E-state index contributed by atoms with van der Waals surface area (Å²) in [4.78, 5) is 20.2. The molecule has 98 valence electrons. The van der Waals surface area contributed by atoms with E-state index in [0.29, 0.717) is 17.4 Å². The molecule has 2 rings (SSSR count). The molecule has 0 spiro atoms. The first kappa shape index (κ1) is 12.8. The van der Waals surface area contributed by atoms with Crippen molar-refractivity contribution < 1.29 is 4.79 Å². The summed E-state index contributed by atoms with van der Waals surface area (Å²) in [6.45, 7) is 2.07. The molecule has 1 saturated carbocycles. The fourth-order valence-corrected chi connectivity index (χ4v) is 2.43. The zero-order valence-electron chi connectivity index (χ0n) is 10.9. The Labute approximate surface area is 107 Å². The maximum Gasteiger partial charge on any atom is 0.271 e. The summed E-state index contributed by atoms with van der Waals surface area (Å²) in [7, 11) is 1.77. The first-order chi connectivity index (χ1) is 8.70. The van der Waals surface area contributed by atoms with Crippen molar-refractivity contribution in [3.8, 4) is 0 Å². The third kappa shape index (κ3) is 2.97. The topological polar surface area (TPSA) is 66.9 Å². The minimum atomic E-state index is -0.135. The van der Waals surface area contributed by atoms with E-state index in [1.54, 1.807) is 13.2 Å². The molecule has 0 aromatic carbocycles. The first-order valence-electron chi connectivity index (χ1n) is 6.51. The van der Waals surface area contributed by atoms with Crippen LogP contribution in [0.1, 0.15) is 43.1 Å². The Morgan fingerprint density at radius 1 is 1.33 bits per heavy atom. The number of carbonyl (C=O) groups is 1. The molecule has 1 amide bonds. The van der Waals surface area contributed by atoms with Gasteiger partial charge in [0, 0.05) is 13.1 Å². The number of nitrogens with one attached hydrogen (secondary N) is 2. The number of anilines is 1. The summed E-state index contributed by atoms with van der Waals surface area (Å²) >= 11 is 0. The van der Waals surface area contributed by atoms with Crippen molar-refractivity contribution >= 4 is 11.7 Å². The summed E-state index contributed by atoms with van der Waals surface area (Å²) in [6.07, 6.45) is 8.05. The number of hydrogen-bond acceptors (Lipinski definition) is 4. The van der Waals surface area contributed by atoms with Crippen LogP contribution in [0.2, 0.25) is 0 Å². The lowest BCUT2D eigenvalue weighted by atomic mass is 10.00. The van der Waals surface area contributed by atoms with Crippen LogP contribution in [0.4, 0.5) is 5.82 Å². The third-order valence-corrected chi connectivity index (χ3v) is 3.61. The van der Waals surface area contributed by atoms with Gasteiger partial charge in [-0.1, -0.05) is 12.8 Å². The van der Waals surface area contributed by atoms with Gasteiger partial charge < -0.3 is 10.6 Å². The molecule has 1 aliphatic carbocycles. The van der Waals surface area contributed by atoms with E-state index in [4.69, 9.17) is 0 Å². The van der Waals surface area contributed by atoms with Crippen LogP contribution in [0.15, 0.2) is 12.4 Å². The van der Waals surface area contributed by atoms with E-state index in [1.807, 2.05) is 0 Å². The van der Waals surface area contributed by atoms with E-state index >= 15 is 0 Å². The Bertz CT molecular complexity index is 398. The molecule has 1 atom stereocenters. The van der Waals surface area contributed by atoms with Gasteiger partial charge in [0.2, 0.25) is 0 Å². The number of amides is 1. The minimum absolute atomic E-state index is 0.135. The van der Waals surface area contributed by atoms with E-state index < -0.39 is 0 Å². The molecule has 0 aliphatic heterocycles. The number of aromatic nitrogens is 2. The van der Waals surface area contributed by atoms with E-state index in [0.717, 1.165) is 0 Å². The molecule has 5 nitrogen and oxygen atoms in total. The summed E-state index contributed by atoms with van der Waals surface area (Å²) in [5.74, 6) is 1.14. The highest BCUT2D eigenvalue weighted by Gasteiger charge is 2.23. The van der Waals surface area contributed by atoms with Gasteiger partial charge in [-0.05, 0) is 25.7 Å². The monoisotopic (exact) mass is 248 g/mol. The standard InChI is InChI=1S/C13H20N4O/c1-9(10-5-3-4-6-10)17-13(18)11-7-16-12(14-2)8-15-11/h7-10H,3-6H2,1-2H3,(H,14,16)(H,17,18). The normalized spacial score (nSPS) is 17.4. The number of nitrogens with zero attached hydrogens (tertiary/aromatic N) is 2. The van der Waals surface area contributed by atoms with E-state index in [-0.39, 0.29) is 11.9 Å². The fraction of sp³-hybridized carbons (Fsp3) is 0.615. The zero-order chi connectivity index (χ0) is 13.0. The average Bonchev–Trinajstić information content (AvgIpc) is 2.92. The van der Waals surface area contributed by atoms with Crippen LogP contribution < -0.4 is 10.6 Å². The molecule has 1 unspecified atom stereocenters. The zero-order valence-corrected chi connectivity index (χ0v) is 10.9. The lowest BCUT2D eigenvalue weighted by Crippen LogP contribution is -2.37. The highest BCUT2D eigenvalue weighted by Crippen LogP contribution is 2.27. The highest BCUT2D eigenvalue weighted by molar-refractivity contribution is 5.92. The highest BCUT2D eigenvalue weighted by atomic mass is 16.1. The summed E-state index contributed by atoms with van der Waals surface area (Å²) in [6, 6.07) is 0.214. The Morgan fingerprint density at radius 2 is 2.06 bits per heavy atom. The number of hydrogen-bond donors (Lipinski definition) is 2. The van der Waals surface area contributed by atoms with Crippen LogP contribution in [0.3, 0.4) is 0 Å². The van der Waals surface area contributed by atoms with Gasteiger partial charge in [0.1, 0.15) is 11.5 Å². The second kappa shape index (κ2) is 5.80. The van der Waals surface area contributed by atoms with E-state index in [2.05, 4.69) is 27.5 Å². The molecule has 1 aromatic heterocycles. The second-order valence-electron chi connectivity index (χ2n) is 4.84. The van der Waals surface area contributed by atoms with Crippen molar-refractivity contribution in [3.63, 3.8) is 0 Å². The molecule has 1 aromatic rings. The van der Waals surface area contributed by atoms with Gasteiger partial charge in [-0.15, -0.1) is 0 Å². The van der Waals surface area contributed by atoms with Gasteiger partial charge in [0.05, 0.1) is 12.4 Å². The lowest BCUT2D eigenvalue weighted by Gasteiger charge is -2.19. The molecule has 0 bridgehead atoms. The molecule has 0 radical (unpaired) electrons. The van der Waals surface area contributed by atoms with Crippen LogP contribution in [0.5, 0.6) is 0 Å². The smallest absolute Gasteiger partial charge is 0.271 e. The molecule has 1 aliphatic rings. The van der Waals surface area contributed by atoms with Crippen molar-refractivity contribution in [2.24, 2.45) is 5.92 Å². The predicted octanol–water partition coefficient (Wildman–Crippen LogP) is 1.83. The first-order valence-corrected chi connectivity index (χ1v) is 6.51. The Kier molecular flexibility index (Phi) is 4.12. The van der Waals surface area contributed by atoms with Crippen molar-refractivity contribution in [1.29, 1.82) is 0 Å². The van der Waals surface area contributed by atoms with Gasteiger partial charge >= 0.3 is 0 Å². The van der Waals surface area contributed by atoms with Crippen LogP contribution in [0, 0.1) is 5.92 Å². The molecular weight excluding hydrogens is 228 g/mol. The van der Waals surface area contributed by atoms with Crippen molar-refractivity contribution in [2.75, 3.05) is 12.4 Å². The van der Waals surface area contributed by atoms with Crippen molar-refractivity contribution in [2.45, 2.75) is 38.6 Å². The van der Waals surface area contributed by atoms with Crippen molar-refractivity contribution in [1.82, 2.24) is 15.3 Å². The summed E-state index contributed by atoms with van der Waals surface area (Å²) in [5.41, 5.74) is 0.374. The maximum absolute atomic E-state index is 12.0. The largest absolute Gasteiger partial charge is 0.372 e. The molecule has 1 heterocycles.